The Morgan fingerprint density at radius 3 is 2.27 bits per heavy atom. The maximum atomic E-state index is 12.9. The Labute approximate surface area is 131 Å². The van der Waals surface area contributed by atoms with Crippen molar-refractivity contribution in [1.82, 2.24) is 4.31 Å². The molecule has 3 atom stereocenters. The van der Waals surface area contributed by atoms with Crippen molar-refractivity contribution >= 4 is 10.0 Å². The van der Waals surface area contributed by atoms with Gasteiger partial charge in [0.25, 0.3) is 0 Å². The lowest BCUT2D eigenvalue weighted by Crippen LogP contribution is -2.50. The molecule has 1 heterocycles. The van der Waals surface area contributed by atoms with Gasteiger partial charge in [-0.2, -0.15) is 4.31 Å². The Morgan fingerprint density at radius 1 is 1.23 bits per heavy atom. The van der Waals surface area contributed by atoms with E-state index >= 15 is 0 Å². The van der Waals surface area contributed by atoms with Crippen molar-refractivity contribution in [3.63, 3.8) is 0 Å². The van der Waals surface area contributed by atoms with Crippen molar-refractivity contribution in [2.45, 2.75) is 50.6 Å². The van der Waals surface area contributed by atoms with Crippen LogP contribution in [-0.2, 0) is 10.0 Å². The van der Waals surface area contributed by atoms with Crippen LogP contribution in [-0.4, -0.2) is 31.4 Å². The first kappa shape index (κ1) is 16.8. The lowest BCUT2D eigenvalue weighted by molar-refractivity contribution is 0.157. The molecule has 0 spiro atoms. The molecular weight excluding hydrogens is 300 g/mol. The summed E-state index contributed by atoms with van der Waals surface area (Å²) in [5.41, 5.74) is 9.47. The summed E-state index contributed by atoms with van der Waals surface area (Å²) in [5.74, 6) is 0.241. The van der Waals surface area contributed by atoms with E-state index in [-0.39, 0.29) is 18.0 Å². The minimum absolute atomic E-state index is 0.103. The third-order valence-corrected chi connectivity index (χ3v) is 6.36. The molecular formula is C15H22N4O2S. The zero-order valence-corrected chi connectivity index (χ0v) is 14.0. The van der Waals surface area contributed by atoms with E-state index in [4.69, 9.17) is 5.53 Å². The molecule has 0 aliphatic carbocycles. The molecule has 6 nitrogen and oxygen atoms in total. The quantitative estimate of drug-likeness (QED) is 0.482. The SMILES string of the molecule is Cc1ccc(S(=O)(=O)N2[C@H](C)CC(CN=[N+]=[N-])C[C@@H]2C)cc1. The summed E-state index contributed by atoms with van der Waals surface area (Å²) in [4.78, 5) is 3.13. The van der Waals surface area contributed by atoms with E-state index in [1.54, 1.807) is 16.4 Å². The number of sulfonamides is 1. The van der Waals surface area contributed by atoms with Crippen LogP contribution in [0.15, 0.2) is 34.3 Å². The Kier molecular flexibility index (Phi) is 5.11. The number of azide groups is 1. The fraction of sp³-hybridized carbons (Fsp3) is 0.600. The highest BCUT2D eigenvalue weighted by atomic mass is 32.2. The molecule has 0 bridgehead atoms. The molecule has 1 aromatic rings. The molecule has 1 unspecified atom stereocenters. The van der Waals surface area contributed by atoms with E-state index in [2.05, 4.69) is 10.0 Å². The Bertz CT molecular complexity index is 653. The Balaban J connectivity index is 2.24. The Morgan fingerprint density at radius 2 is 1.77 bits per heavy atom. The van der Waals surface area contributed by atoms with Crippen molar-refractivity contribution in [1.29, 1.82) is 0 Å². The molecule has 120 valence electrons. The maximum Gasteiger partial charge on any atom is 0.243 e. The molecule has 1 aliphatic rings. The number of hydrogen-bond acceptors (Lipinski definition) is 3. The third-order valence-electron chi connectivity index (χ3n) is 4.22. The van der Waals surface area contributed by atoms with Crippen molar-refractivity contribution in [3.8, 4) is 0 Å². The van der Waals surface area contributed by atoms with E-state index in [9.17, 15) is 8.42 Å². The highest BCUT2D eigenvalue weighted by Gasteiger charge is 2.38. The van der Waals surface area contributed by atoms with Crippen LogP contribution in [0.1, 0.15) is 32.3 Å². The molecule has 0 amide bonds. The van der Waals surface area contributed by atoms with E-state index in [0.29, 0.717) is 24.3 Å². The predicted molar refractivity (Wildman–Crippen MR) is 85.9 cm³/mol. The lowest BCUT2D eigenvalue weighted by Gasteiger charge is -2.41. The van der Waals surface area contributed by atoms with Gasteiger partial charge in [0.05, 0.1) is 4.90 Å². The van der Waals surface area contributed by atoms with Gasteiger partial charge in [0, 0.05) is 23.5 Å². The maximum absolute atomic E-state index is 12.9. The standard InChI is InChI=1S/C15H22N4O2S/c1-11-4-6-15(7-5-11)22(20,21)19-12(2)8-14(9-13(19)3)10-17-18-16/h4-7,12-14H,8-10H2,1-3H3/t12-,13+,14?. The molecule has 1 aliphatic heterocycles. The Hall–Kier alpha value is -1.56. The smallest absolute Gasteiger partial charge is 0.207 e. The second-order valence-corrected chi connectivity index (χ2v) is 7.94. The van der Waals surface area contributed by atoms with Gasteiger partial charge in [-0.3, -0.25) is 0 Å². The van der Waals surface area contributed by atoms with Crippen molar-refractivity contribution < 1.29 is 8.42 Å². The van der Waals surface area contributed by atoms with Crippen molar-refractivity contribution in [2.75, 3.05) is 6.54 Å². The van der Waals surface area contributed by atoms with Crippen molar-refractivity contribution in [3.05, 3.63) is 40.3 Å². The van der Waals surface area contributed by atoms with Gasteiger partial charge in [-0.25, -0.2) is 8.42 Å². The topological polar surface area (TPSA) is 86.1 Å². The molecule has 2 rings (SSSR count). The second-order valence-electron chi connectivity index (χ2n) is 6.10. The highest BCUT2D eigenvalue weighted by molar-refractivity contribution is 7.89. The van der Waals surface area contributed by atoms with Crippen LogP contribution in [0.25, 0.3) is 10.4 Å². The summed E-state index contributed by atoms with van der Waals surface area (Å²) in [7, 11) is -3.49. The van der Waals surface area contributed by atoms with E-state index in [1.807, 2.05) is 32.9 Å². The zero-order chi connectivity index (χ0) is 16.3. The molecule has 1 saturated heterocycles. The van der Waals surface area contributed by atoms with Gasteiger partial charge >= 0.3 is 0 Å². The second kappa shape index (κ2) is 6.69. The fourth-order valence-electron chi connectivity index (χ4n) is 3.31. The van der Waals surface area contributed by atoms with Crippen molar-refractivity contribution in [2.24, 2.45) is 11.0 Å². The number of benzene rings is 1. The van der Waals surface area contributed by atoms with Gasteiger partial charge in [0.15, 0.2) is 0 Å². The first-order chi connectivity index (χ1) is 10.4. The summed E-state index contributed by atoms with van der Waals surface area (Å²) >= 11 is 0. The molecule has 1 fully saturated rings. The monoisotopic (exact) mass is 322 g/mol. The van der Waals surface area contributed by atoms with E-state index < -0.39 is 10.0 Å². The van der Waals surface area contributed by atoms with Crippen LogP contribution >= 0.6 is 0 Å². The predicted octanol–water partition coefficient (Wildman–Crippen LogP) is 3.48. The van der Waals surface area contributed by atoms with Crippen LogP contribution in [0.4, 0.5) is 0 Å². The number of rotatable bonds is 4. The molecule has 0 N–H and O–H groups in total. The minimum Gasteiger partial charge on any atom is -0.207 e. The van der Waals surface area contributed by atoms with Gasteiger partial charge in [-0.05, 0) is 57.2 Å². The summed E-state index contributed by atoms with van der Waals surface area (Å²) in [6.07, 6.45) is 1.43. The largest absolute Gasteiger partial charge is 0.243 e. The van der Waals surface area contributed by atoms with Gasteiger partial charge in [0.1, 0.15) is 0 Å². The van der Waals surface area contributed by atoms with E-state index in [0.717, 1.165) is 5.56 Å². The van der Waals surface area contributed by atoms with E-state index in [1.165, 1.54) is 0 Å². The zero-order valence-electron chi connectivity index (χ0n) is 13.2. The average molecular weight is 322 g/mol. The van der Waals surface area contributed by atoms with Gasteiger partial charge in [-0.1, -0.05) is 22.8 Å². The molecule has 0 radical (unpaired) electrons. The first-order valence-corrected chi connectivity index (χ1v) is 8.91. The average Bonchev–Trinajstić information content (AvgIpc) is 2.44. The number of piperidine rings is 1. The fourth-order valence-corrected chi connectivity index (χ4v) is 5.15. The molecule has 7 heteroatoms. The first-order valence-electron chi connectivity index (χ1n) is 7.47. The molecule has 0 saturated carbocycles. The minimum atomic E-state index is -3.49. The van der Waals surface area contributed by atoms with Crippen LogP contribution < -0.4 is 0 Å². The molecule has 22 heavy (non-hydrogen) atoms. The number of hydrogen-bond donors (Lipinski definition) is 0. The normalized spacial score (nSPS) is 26.4. The summed E-state index contributed by atoms with van der Waals surface area (Å²) in [5, 5.41) is 3.63. The van der Waals surface area contributed by atoms with Crippen LogP contribution in [0.3, 0.4) is 0 Å². The van der Waals surface area contributed by atoms with Gasteiger partial charge in [0.2, 0.25) is 10.0 Å². The van der Waals surface area contributed by atoms with Crippen LogP contribution in [0.2, 0.25) is 0 Å². The molecule has 0 aromatic heterocycles. The van der Waals surface area contributed by atoms with Crippen LogP contribution in [0, 0.1) is 12.8 Å². The van der Waals surface area contributed by atoms with Gasteiger partial charge in [-0.15, -0.1) is 0 Å². The summed E-state index contributed by atoms with van der Waals surface area (Å²) in [6, 6.07) is 6.75. The number of nitrogens with zero attached hydrogens (tertiary/aromatic N) is 4. The molecule has 1 aromatic carbocycles. The van der Waals surface area contributed by atoms with Gasteiger partial charge < -0.3 is 0 Å². The number of aryl methyl sites for hydroxylation is 1. The summed E-state index contributed by atoms with van der Waals surface area (Å²) < 4.78 is 27.4. The van der Waals surface area contributed by atoms with Crippen LogP contribution in [0.5, 0.6) is 0 Å². The third kappa shape index (κ3) is 3.43. The lowest BCUT2D eigenvalue weighted by atomic mass is 9.89. The summed E-state index contributed by atoms with van der Waals surface area (Å²) in [6.45, 7) is 6.21. The highest BCUT2D eigenvalue weighted by Crippen LogP contribution is 2.33.